The Morgan fingerprint density at radius 3 is 2.45 bits per heavy atom. The SMILES string of the molecule is CN(C)/C=N\c1c(I)c(=O)n(Cc2ccccc2)c(=O)n1C. The Morgan fingerprint density at radius 2 is 1.86 bits per heavy atom. The lowest BCUT2D eigenvalue weighted by Crippen LogP contribution is -2.40. The van der Waals surface area contributed by atoms with E-state index in [1.807, 2.05) is 67.0 Å². The Labute approximate surface area is 141 Å². The van der Waals surface area contributed by atoms with Crippen LogP contribution < -0.4 is 11.2 Å². The largest absolute Gasteiger partial charge is 0.369 e. The summed E-state index contributed by atoms with van der Waals surface area (Å²) >= 11 is 1.94. The van der Waals surface area contributed by atoms with Gasteiger partial charge in [-0.1, -0.05) is 30.3 Å². The zero-order chi connectivity index (χ0) is 16.3. The molecule has 0 aliphatic rings. The number of nitrogens with zero attached hydrogens (tertiary/aromatic N) is 4. The van der Waals surface area contributed by atoms with E-state index in [2.05, 4.69) is 4.99 Å². The van der Waals surface area contributed by atoms with Crippen molar-refractivity contribution in [1.82, 2.24) is 14.0 Å². The second kappa shape index (κ2) is 6.91. The molecule has 2 aromatic rings. The van der Waals surface area contributed by atoms with Gasteiger partial charge in [-0.2, -0.15) is 0 Å². The summed E-state index contributed by atoms with van der Waals surface area (Å²) in [6, 6.07) is 9.43. The summed E-state index contributed by atoms with van der Waals surface area (Å²) in [4.78, 5) is 30.9. The molecule has 116 valence electrons. The van der Waals surface area contributed by atoms with Gasteiger partial charge in [0, 0.05) is 21.1 Å². The second-order valence-electron chi connectivity index (χ2n) is 5.06. The summed E-state index contributed by atoms with van der Waals surface area (Å²) in [5, 5.41) is 0. The van der Waals surface area contributed by atoms with Crippen molar-refractivity contribution in [2.75, 3.05) is 14.1 Å². The number of rotatable bonds is 4. The van der Waals surface area contributed by atoms with Crippen molar-refractivity contribution in [2.45, 2.75) is 6.54 Å². The highest BCUT2D eigenvalue weighted by Crippen LogP contribution is 2.14. The number of hydrogen-bond acceptors (Lipinski definition) is 3. The van der Waals surface area contributed by atoms with Crippen molar-refractivity contribution >= 4 is 34.7 Å². The van der Waals surface area contributed by atoms with Crippen LogP contribution in [0.5, 0.6) is 0 Å². The minimum absolute atomic E-state index is 0.250. The van der Waals surface area contributed by atoms with Gasteiger partial charge < -0.3 is 4.90 Å². The van der Waals surface area contributed by atoms with E-state index >= 15 is 0 Å². The van der Waals surface area contributed by atoms with Crippen molar-refractivity contribution < 1.29 is 0 Å². The number of aromatic nitrogens is 2. The first-order chi connectivity index (χ1) is 10.4. The molecule has 0 unspecified atom stereocenters. The molecule has 0 saturated carbocycles. The minimum Gasteiger partial charge on any atom is -0.369 e. The Morgan fingerprint density at radius 1 is 1.23 bits per heavy atom. The van der Waals surface area contributed by atoms with Gasteiger partial charge in [0.2, 0.25) is 0 Å². The van der Waals surface area contributed by atoms with Gasteiger partial charge in [0.05, 0.1) is 12.9 Å². The number of hydrogen-bond donors (Lipinski definition) is 0. The molecule has 0 radical (unpaired) electrons. The molecular weight excluding hydrogens is 395 g/mol. The third-order valence-electron chi connectivity index (χ3n) is 3.06. The normalized spacial score (nSPS) is 11.1. The molecule has 0 fully saturated rings. The van der Waals surface area contributed by atoms with E-state index in [1.165, 1.54) is 9.13 Å². The van der Waals surface area contributed by atoms with Crippen molar-refractivity contribution in [3.05, 3.63) is 60.3 Å². The monoisotopic (exact) mass is 412 g/mol. The van der Waals surface area contributed by atoms with E-state index in [0.717, 1.165) is 5.56 Å². The lowest BCUT2D eigenvalue weighted by atomic mass is 10.2. The fraction of sp³-hybridized carbons (Fsp3) is 0.267. The third kappa shape index (κ3) is 3.46. The van der Waals surface area contributed by atoms with Crippen LogP contribution in [0.1, 0.15) is 5.56 Å². The van der Waals surface area contributed by atoms with E-state index in [0.29, 0.717) is 9.39 Å². The molecule has 1 aromatic heterocycles. The minimum atomic E-state index is -0.375. The summed E-state index contributed by atoms with van der Waals surface area (Å²) in [6.07, 6.45) is 1.57. The fourth-order valence-corrected chi connectivity index (χ4v) is 2.73. The molecule has 6 nitrogen and oxygen atoms in total. The predicted molar refractivity (Wildman–Crippen MR) is 96.0 cm³/mol. The van der Waals surface area contributed by atoms with Crippen LogP contribution in [0.15, 0.2) is 44.9 Å². The van der Waals surface area contributed by atoms with E-state index in [9.17, 15) is 9.59 Å². The lowest BCUT2D eigenvalue weighted by Gasteiger charge is -2.12. The smallest absolute Gasteiger partial charge is 0.332 e. The summed E-state index contributed by atoms with van der Waals surface area (Å²) in [5.74, 6) is 0.369. The first-order valence-electron chi connectivity index (χ1n) is 6.65. The molecule has 1 heterocycles. The number of aliphatic imine (C=N–C) groups is 1. The van der Waals surface area contributed by atoms with E-state index < -0.39 is 0 Å². The summed E-state index contributed by atoms with van der Waals surface area (Å²) in [6.45, 7) is 0.250. The van der Waals surface area contributed by atoms with E-state index in [-0.39, 0.29) is 17.8 Å². The standard InChI is InChI=1S/C15H17IN4O2/c1-18(2)10-17-13-12(16)14(21)20(15(22)19(13)3)9-11-7-5-4-6-8-11/h4-8,10H,9H2,1-3H3/b17-10-. The lowest BCUT2D eigenvalue weighted by molar-refractivity contribution is 0.627. The zero-order valence-corrected chi connectivity index (χ0v) is 14.8. The highest BCUT2D eigenvalue weighted by molar-refractivity contribution is 14.1. The second-order valence-corrected chi connectivity index (χ2v) is 6.14. The summed E-state index contributed by atoms with van der Waals surface area (Å²) in [7, 11) is 5.27. The predicted octanol–water partition coefficient (Wildman–Crippen LogP) is 1.42. The first-order valence-corrected chi connectivity index (χ1v) is 7.73. The highest BCUT2D eigenvalue weighted by atomic mass is 127. The molecule has 0 spiro atoms. The molecular formula is C15H17IN4O2. The summed E-state index contributed by atoms with van der Waals surface area (Å²) < 4.78 is 3.05. The van der Waals surface area contributed by atoms with Gasteiger partial charge in [0.15, 0.2) is 5.82 Å². The third-order valence-corrected chi connectivity index (χ3v) is 4.00. The molecule has 2 rings (SSSR count). The van der Waals surface area contributed by atoms with Crippen molar-refractivity contribution in [1.29, 1.82) is 0 Å². The Balaban J connectivity index is 2.55. The van der Waals surface area contributed by atoms with Crippen LogP contribution in [-0.4, -0.2) is 34.5 Å². The first kappa shape index (κ1) is 16.5. The summed E-state index contributed by atoms with van der Waals surface area (Å²) in [5.41, 5.74) is 0.209. The molecule has 0 saturated heterocycles. The van der Waals surface area contributed by atoms with Gasteiger partial charge in [0.25, 0.3) is 5.56 Å². The maximum absolute atomic E-state index is 12.5. The van der Waals surface area contributed by atoms with Crippen LogP contribution in [0.3, 0.4) is 0 Å². The molecule has 7 heteroatoms. The Bertz CT molecular complexity index is 770. The van der Waals surface area contributed by atoms with Gasteiger partial charge in [-0.05, 0) is 28.2 Å². The van der Waals surface area contributed by atoms with Gasteiger partial charge in [-0.15, -0.1) is 0 Å². The van der Waals surface area contributed by atoms with E-state index in [4.69, 9.17) is 0 Å². The zero-order valence-electron chi connectivity index (χ0n) is 12.7. The van der Waals surface area contributed by atoms with Crippen LogP contribution in [0.2, 0.25) is 0 Å². The molecule has 0 aliphatic carbocycles. The average Bonchev–Trinajstić information content (AvgIpc) is 2.50. The van der Waals surface area contributed by atoms with Crippen LogP contribution in [-0.2, 0) is 13.6 Å². The molecule has 0 bridgehead atoms. The topological polar surface area (TPSA) is 59.6 Å². The highest BCUT2D eigenvalue weighted by Gasteiger charge is 2.14. The van der Waals surface area contributed by atoms with Crippen molar-refractivity contribution in [2.24, 2.45) is 12.0 Å². The van der Waals surface area contributed by atoms with Gasteiger partial charge in [0.1, 0.15) is 3.57 Å². The quantitative estimate of drug-likeness (QED) is 0.434. The molecule has 1 aromatic carbocycles. The van der Waals surface area contributed by atoms with E-state index in [1.54, 1.807) is 18.3 Å². The number of benzene rings is 1. The van der Waals surface area contributed by atoms with Gasteiger partial charge >= 0.3 is 5.69 Å². The van der Waals surface area contributed by atoms with Crippen LogP contribution in [0, 0.1) is 3.57 Å². The van der Waals surface area contributed by atoms with Gasteiger partial charge in [-0.25, -0.2) is 9.79 Å². The molecule has 22 heavy (non-hydrogen) atoms. The molecule has 0 N–H and O–H groups in total. The fourth-order valence-electron chi connectivity index (χ4n) is 1.94. The van der Waals surface area contributed by atoms with Crippen molar-refractivity contribution in [3.8, 4) is 0 Å². The van der Waals surface area contributed by atoms with Crippen LogP contribution in [0.4, 0.5) is 5.82 Å². The molecule has 0 atom stereocenters. The molecule has 0 amide bonds. The van der Waals surface area contributed by atoms with Crippen LogP contribution in [0.25, 0.3) is 0 Å². The van der Waals surface area contributed by atoms with Crippen LogP contribution >= 0.6 is 22.6 Å². The van der Waals surface area contributed by atoms with Gasteiger partial charge in [-0.3, -0.25) is 13.9 Å². The number of halogens is 1. The maximum atomic E-state index is 12.5. The molecule has 0 aliphatic heterocycles. The average molecular weight is 412 g/mol. The maximum Gasteiger partial charge on any atom is 0.332 e. The Kier molecular flexibility index (Phi) is 5.17. The Hall–Kier alpha value is -1.90. The van der Waals surface area contributed by atoms with Crippen molar-refractivity contribution in [3.63, 3.8) is 0 Å².